The second-order valence-electron chi connectivity index (χ2n) is 5.71. The maximum atomic E-state index is 11.7. The molecule has 1 atom stereocenters. The number of amidine groups is 1. The second-order valence-corrected chi connectivity index (χ2v) is 6.90. The lowest BCUT2D eigenvalue weighted by Gasteiger charge is -2.08. The number of benzene rings is 2. The Morgan fingerprint density at radius 3 is 2.66 bits per heavy atom. The van der Waals surface area contributed by atoms with Crippen molar-refractivity contribution in [3.8, 4) is 11.5 Å². The van der Waals surface area contributed by atoms with Crippen molar-refractivity contribution in [1.82, 2.24) is 5.32 Å². The van der Waals surface area contributed by atoms with Gasteiger partial charge in [-0.1, -0.05) is 36.0 Å². The normalized spacial score (nSPS) is 17.4. The average molecular weight is 414 g/mol. The first-order valence-corrected chi connectivity index (χ1v) is 9.12. The third-order valence-electron chi connectivity index (χ3n) is 3.68. The molecule has 0 radical (unpaired) electrons. The minimum Gasteiger partial charge on any atom is -0.481 e. The fourth-order valence-corrected chi connectivity index (χ4v) is 3.30. The predicted octanol–water partition coefficient (Wildman–Crippen LogP) is 2.78. The summed E-state index contributed by atoms with van der Waals surface area (Å²) in [4.78, 5) is 33.0. The van der Waals surface area contributed by atoms with Gasteiger partial charge in [-0.3, -0.25) is 19.7 Å². The molecule has 29 heavy (non-hydrogen) atoms. The SMILES string of the molecule is O=C(O)CC1SC(=NN=Cc2ccccc2Oc2ccccc2[N+](=O)[O-])NC1=O. The van der Waals surface area contributed by atoms with Gasteiger partial charge in [-0.15, -0.1) is 5.10 Å². The van der Waals surface area contributed by atoms with Gasteiger partial charge in [0.2, 0.25) is 11.7 Å². The number of amides is 1. The molecule has 2 aromatic rings. The lowest BCUT2D eigenvalue weighted by Crippen LogP contribution is -2.26. The third kappa shape index (κ3) is 5.17. The van der Waals surface area contributed by atoms with Gasteiger partial charge < -0.3 is 15.2 Å². The van der Waals surface area contributed by atoms with Crippen LogP contribution in [0, 0.1) is 10.1 Å². The molecule has 1 heterocycles. The van der Waals surface area contributed by atoms with E-state index in [0.717, 1.165) is 11.8 Å². The minimum absolute atomic E-state index is 0.0831. The highest BCUT2D eigenvalue weighted by Gasteiger charge is 2.32. The van der Waals surface area contributed by atoms with E-state index < -0.39 is 22.0 Å². The van der Waals surface area contributed by atoms with Crippen molar-refractivity contribution < 1.29 is 24.4 Å². The summed E-state index contributed by atoms with van der Waals surface area (Å²) in [5, 5.41) is 29.6. The van der Waals surface area contributed by atoms with E-state index in [1.54, 1.807) is 36.4 Å². The first-order chi connectivity index (χ1) is 13.9. The highest BCUT2D eigenvalue weighted by Crippen LogP contribution is 2.32. The Morgan fingerprint density at radius 2 is 1.93 bits per heavy atom. The molecule has 1 saturated heterocycles. The standard InChI is InChI=1S/C18H14N4O6S/c23-16(24)9-15-17(25)20-18(29-15)21-19-10-11-5-1-3-7-13(11)28-14-8-4-2-6-12(14)22(26)27/h1-8,10,15H,9H2,(H,23,24)(H,20,21,25). The second kappa shape index (κ2) is 8.97. The summed E-state index contributed by atoms with van der Waals surface area (Å²) in [6, 6.07) is 12.7. The summed E-state index contributed by atoms with van der Waals surface area (Å²) < 4.78 is 5.68. The number of thioether (sulfide) groups is 1. The fraction of sp³-hybridized carbons (Fsp3) is 0.111. The maximum absolute atomic E-state index is 11.7. The number of carbonyl (C=O) groups excluding carboxylic acids is 1. The zero-order valence-electron chi connectivity index (χ0n) is 14.7. The average Bonchev–Trinajstić information content (AvgIpc) is 3.02. The molecule has 2 aromatic carbocycles. The summed E-state index contributed by atoms with van der Waals surface area (Å²) in [7, 11) is 0. The van der Waals surface area contributed by atoms with Crippen molar-refractivity contribution in [1.29, 1.82) is 0 Å². The van der Waals surface area contributed by atoms with Gasteiger partial charge in [0.05, 0.1) is 17.6 Å². The number of rotatable bonds is 7. The molecule has 10 nitrogen and oxygen atoms in total. The van der Waals surface area contributed by atoms with Gasteiger partial charge in [0, 0.05) is 11.6 Å². The van der Waals surface area contributed by atoms with E-state index in [-0.39, 0.29) is 23.0 Å². The molecule has 1 unspecified atom stereocenters. The number of aliphatic carboxylic acids is 1. The van der Waals surface area contributed by atoms with E-state index in [2.05, 4.69) is 15.5 Å². The van der Waals surface area contributed by atoms with Gasteiger partial charge in [0.1, 0.15) is 11.0 Å². The summed E-state index contributed by atoms with van der Waals surface area (Å²) >= 11 is 0.983. The number of nitro benzene ring substituents is 1. The number of carboxylic acid groups (broad SMARTS) is 1. The number of nitrogens with zero attached hydrogens (tertiary/aromatic N) is 3. The number of hydrogen-bond donors (Lipinski definition) is 2. The van der Waals surface area contributed by atoms with Crippen LogP contribution in [0.1, 0.15) is 12.0 Å². The van der Waals surface area contributed by atoms with Crippen LogP contribution >= 0.6 is 11.8 Å². The summed E-state index contributed by atoms with van der Waals surface area (Å²) in [5.41, 5.74) is 0.334. The third-order valence-corrected chi connectivity index (χ3v) is 4.75. The number of nitro groups is 1. The number of nitrogens with one attached hydrogen (secondary N) is 1. The Balaban J connectivity index is 1.76. The van der Waals surface area contributed by atoms with E-state index in [4.69, 9.17) is 9.84 Å². The molecule has 1 aliphatic heterocycles. The van der Waals surface area contributed by atoms with E-state index in [9.17, 15) is 19.7 Å². The highest BCUT2D eigenvalue weighted by atomic mass is 32.2. The van der Waals surface area contributed by atoms with Crippen molar-refractivity contribution in [2.24, 2.45) is 10.2 Å². The van der Waals surface area contributed by atoms with Crippen molar-refractivity contribution in [2.75, 3.05) is 0 Å². The minimum atomic E-state index is -1.08. The number of carbonyl (C=O) groups is 2. The Labute approximate surface area is 168 Å². The maximum Gasteiger partial charge on any atom is 0.311 e. The van der Waals surface area contributed by atoms with Crippen LogP contribution in [-0.2, 0) is 9.59 Å². The molecule has 2 N–H and O–H groups in total. The zero-order valence-corrected chi connectivity index (χ0v) is 15.5. The Hall–Kier alpha value is -3.73. The van der Waals surface area contributed by atoms with Crippen molar-refractivity contribution in [3.05, 3.63) is 64.2 Å². The van der Waals surface area contributed by atoms with E-state index in [1.165, 1.54) is 18.3 Å². The van der Waals surface area contributed by atoms with Crippen LogP contribution < -0.4 is 10.1 Å². The molecular weight excluding hydrogens is 400 g/mol. The molecule has 0 saturated carbocycles. The Kier molecular flexibility index (Phi) is 6.19. The van der Waals surface area contributed by atoms with E-state index >= 15 is 0 Å². The van der Waals surface area contributed by atoms with Crippen LogP contribution in [0.3, 0.4) is 0 Å². The smallest absolute Gasteiger partial charge is 0.311 e. The van der Waals surface area contributed by atoms with Gasteiger partial charge >= 0.3 is 11.7 Å². The van der Waals surface area contributed by atoms with Crippen LogP contribution in [0.5, 0.6) is 11.5 Å². The molecule has 1 fully saturated rings. The van der Waals surface area contributed by atoms with Crippen LogP contribution in [0.2, 0.25) is 0 Å². The predicted molar refractivity (Wildman–Crippen MR) is 106 cm³/mol. The molecule has 1 aliphatic rings. The molecular formula is C18H14N4O6S. The lowest BCUT2D eigenvalue weighted by molar-refractivity contribution is -0.385. The summed E-state index contributed by atoms with van der Waals surface area (Å²) in [6.07, 6.45) is 1.06. The monoisotopic (exact) mass is 414 g/mol. The summed E-state index contributed by atoms with van der Waals surface area (Å²) in [6.45, 7) is 0. The van der Waals surface area contributed by atoms with Gasteiger partial charge in [-0.2, -0.15) is 5.10 Å². The number of para-hydroxylation sites is 3. The first kappa shape index (κ1) is 20.0. The number of hydrogen-bond acceptors (Lipinski definition) is 8. The van der Waals surface area contributed by atoms with Crippen LogP contribution in [0.15, 0.2) is 58.7 Å². The quantitative estimate of drug-likeness (QED) is 0.403. The van der Waals surface area contributed by atoms with E-state index in [0.29, 0.717) is 11.3 Å². The first-order valence-electron chi connectivity index (χ1n) is 8.24. The van der Waals surface area contributed by atoms with Crippen molar-refractivity contribution in [3.63, 3.8) is 0 Å². The Bertz CT molecular complexity index is 1020. The van der Waals surface area contributed by atoms with Gasteiger partial charge in [-0.05, 0) is 18.2 Å². The summed E-state index contributed by atoms with van der Waals surface area (Å²) in [5.74, 6) is -1.10. The highest BCUT2D eigenvalue weighted by molar-refractivity contribution is 8.15. The molecule has 148 valence electrons. The zero-order chi connectivity index (χ0) is 20.8. The largest absolute Gasteiger partial charge is 0.481 e. The van der Waals surface area contributed by atoms with E-state index in [1.807, 2.05) is 0 Å². The molecule has 0 aliphatic carbocycles. The molecule has 0 aromatic heterocycles. The lowest BCUT2D eigenvalue weighted by atomic mass is 10.2. The van der Waals surface area contributed by atoms with Crippen LogP contribution in [0.25, 0.3) is 0 Å². The van der Waals surface area contributed by atoms with Gasteiger partial charge in [-0.25, -0.2) is 0 Å². The molecule has 1 amide bonds. The topological polar surface area (TPSA) is 143 Å². The molecule has 0 spiro atoms. The number of ether oxygens (including phenoxy) is 1. The molecule has 11 heteroatoms. The fourth-order valence-electron chi connectivity index (χ4n) is 2.38. The van der Waals surface area contributed by atoms with Gasteiger partial charge in [0.25, 0.3) is 0 Å². The van der Waals surface area contributed by atoms with Crippen molar-refractivity contribution in [2.45, 2.75) is 11.7 Å². The Morgan fingerprint density at radius 1 is 1.24 bits per heavy atom. The van der Waals surface area contributed by atoms with Crippen LogP contribution in [0.4, 0.5) is 5.69 Å². The van der Waals surface area contributed by atoms with Crippen molar-refractivity contribution >= 4 is 40.7 Å². The molecule has 3 rings (SSSR count). The molecule has 0 bridgehead atoms. The number of carboxylic acids is 1. The van der Waals surface area contributed by atoms with Crippen LogP contribution in [-0.4, -0.2) is 38.5 Å². The van der Waals surface area contributed by atoms with Gasteiger partial charge in [0.15, 0.2) is 5.17 Å².